The molecule has 5 N–H and O–H groups in total. The molecule has 0 fully saturated rings. The maximum atomic E-state index is 13.4. The third kappa shape index (κ3) is 4.72. The number of rotatable bonds is 7. The lowest BCUT2D eigenvalue weighted by Gasteiger charge is -2.16. The predicted molar refractivity (Wildman–Crippen MR) is 89.8 cm³/mol. The van der Waals surface area contributed by atoms with E-state index in [-0.39, 0.29) is 35.9 Å². The van der Waals surface area contributed by atoms with E-state index in [2.05, 4.69) is 30.4 Å². The molecular formula is C13H15FN8O3S. The zero-order valence-corrected chi connectivity index (χ0v) is 14.2. The summed E-state index contributed by atoms with van der Waals surface area (Å²) in [6.45, 7) is 0.335. The van der Waals surface area contributed by atoms with Crippen LogP contribution in [0.5, 0.6) is 0 Å². The monoisotopic (exact) mass is 382 g/mol. The molecule has 0 radical (unpaired) electrons. The maximum Gasteiger partial charge on any atom is 0.202 e. The van der Waals surface area contributed by atoms with Crippen molar-refractivity contribution in [3.63, 3.8) is 0 Å². The number of nitriles is 1. The van der Waals surface area contributed by atoms with E-state index in [4.69, 9.17) is 11.5 Å². The van der Waals surface area contributed by atoms with Crippen LogP contribution in [0, 0.1) is 27.3 Å². The van der Waals surface area contributed by atoms with E-state index >= 15 is 0 Å². The van der Waals surface area contributed by atoms with Crippen LogP contribution < -0.4 is 15.1 Å². The molecule has 1 atom stereocenters. The van der Waals surface area contributed by atoms with Gasteiger partial charge in [-0.1, -0.05) is 0 Å². The number of hydrogen-bond acceptors (Lipinski definition) is 9. The first-order valence-corrected chi connectivity index (χ1v) is 8.99. The summed E-state index contributed by atoms with van der Waals surface area (Å²) >= 11 is 0. The molecule has 1 heterocycles. The first-order chi connectivity index (χ1) is 12.8. The fourth-order valence-electron chi connectivity index (χ4n) is 1.83. The van der Waals surface area contributed by atoms with Crippen LogP contribution in [0.4, 0.5) is 15.9 Å². The third-order valence-corrected chi connectivity index (χ3v) is 3.77. The van der Waals surface area contributed by atoms with Crippen LogP contribution in [-0.2, 0) is 9.92 Å². The Morgan fingerprint density at radius 3 is 3.00 bits per heavy atom. The molecule has 1 unspecified atom stereocenters. The van der Waals surface area contributed by atoms with Gasteiger partial charge in [-0.15, -0.1) is 0 Å². The highest BCUT2D eigenvalue weighted by Crippen LogP contribution is 2.20. The van der Waals surface area contributed by atoms with E-state index in [1.54, 1.807) is 6.07 Å². The Balaban J connectivity index is 2.19. The van der Waals surface area contributed by atoms with Crippen molar-refractivity contribution in [1.29, 1.82) is 15.4 Å². The van der Waals surface area contributed by atoms with Crippen molar-refractivity contribution in [2.75, 3.05) is 29.7 Å². The smallest absolute Gasteiger partial charge is 0.202 e. The lowest BCUT2D eigenvalue weighted by atomic mass is 10.2. The zero-order valence-electron chi connectivity index (χ0n) is 14.4. The predicted octanol–water partition coefficient (Wildman–Crippen LogP) is 0.895. The molecule has 11 nitrogen and oxygen atoms in total. The lowest BCUT2D eigenvalue weighted by molar-refractivity contribution is 0.300. The largest absolute Gasteiger partial charge is 0.364 e. The SMILES string of the molecule is [H]/N=C(/c1nonc1NCCNS(C)(=N)=O)N(O)c1ccc(F)c(C#N)c1. The molecule has 0 saturated carbocycles. The molecule has 0 amide bonds. The molecule has 13 heteroatoms. The van der Waals surface area contributed by atoms with Gasteiger partial charge in [0.2, 0.25) is 5.82 Å². The van der Waals surface area contributed by atoms with Crippen LogP contribution in [0.1, 0.15) is 11.3 Å². The van der Waals surface area contributed by atoms with Gasteiger partial charge in [-0.25, -0.2) is 27.8 Å². The van der Waals surface area contributed by atoms with Gasteiger partial charge in [-0.3, -0.25) is 10.6 Å². The Hall–Kier alpha value is -3.08. The Kier molecular flexibility index (Phi) is 5.37. The summed E-state index contributed by atoms with van der Waals surface area (Å²) in [6, 6.07) is 4.86. The summed E-state index contributed by atoms with van der Waals surface area (Å²) in [5.74, 6) is -1.14. The Morgan fingerprint density at radius 1 is 1.58 bits per heavy atom. The number of aromatic nitrogens is 2. The van der Waals surface area contributed by atoms with E-state index in [0.717, 1.165) is 12.1 Å². The van der Waals surface area contributed by atoms with E-state index in [0.29, 0.717) is 5.06 Å². The van der Waals surface area contributed by atoms with Gasteiger partial charge in [0.05, 0.1) is 11.3 Å². The fraction of sp³-hybridized carbons (Fsp3) is 0.231. The van der Waals surface area contributed by atoms with Gasteiger partial charge in [0, 0.05) is 19.3 Å². The van der Waals surface area contributed by atoms with Gasteiger partial charge in [0.1, 0.15) is 21.8 Å². The Labute approximate surface area is 149 Å². The topological polar surface area (TPSA) is 175 Å². The third-order valence-electron chi connectivity index (χ3n) is 3.01. The number of anilines is 2. The highest BCUT2D eigenvalue weighted by Gasteiger charge is 2.21. The molecule has 2 aromatic rings. The molecule has 0 bridgehead atoms. The van der Waals surface area contributed by atoms with Crippen LogP contribution in [0.25, 0.3) is 0 Å². The van der Waals surface area contributed by atoms with Crippen molar-refractivity contribution in [3.05, 3.63) is 35.3 Å². The minimum atomic E-state index is -2.86. The number of halogens is 1. The number of hydrogen-bond donors (Lipinski definition) is 5. The van der Waals surface area contributed by atoms with Gasteiger partial charge < -0.3 is 5.32 Å². The van der Waals surface area contributed by atoms with E-state index in [1.807, 2.05) is 0 Å². The fourth-order valence-corrected chi connectivity index (χ4v) is 2.32. The van der Waals surface area contributed by atoms with Crippen molar-refractivity contribution < 1.29 is 19.8 Å². The first kappa shape index (κ1) is 17.7. The number of hydroxylamine groups is 1. The van der Waals surface area contributed by atoms with Gasteiger partial charge in [-0.05, 0) is 28.5 Å². The molecule has 0 spiro atoms. The van der Waals surface area contributed by atoms with Gasteiger partial charge in [0.15, 0.2) is 12.9 Å². The minimum absolute atomic E-state index is 0.0250. The molecular weight excluding hydrogens is 367 g/mol. The standard InChI is InChI=1S/C13H15FN8O3S/c1-26(17,24)19-5-4-18-13-11(20-25-21-13)12(16)22(23)9-2-3-10(14)8(6-9)7-15/h2-3,6,16,23H,4-5H2,1H3,(H,18,21)(H2,17,19,24)/b16-12-. The lowest BCUT2D eigenvalue weighted by Crippen LogP contribution is -2.30. The quantitative estimate of drug-likeness (QED) is 0.203. The van der Waals surface area contributed by atoms with Crippen LogP contribution in [0.2, 0.25) is 1.41 Å². The average Bonchev–Trinajstić information content (AvgIpc) is 3.07. The van der Waals surface area contributed by atoms with Crippen LogP contribution in [0.15, 0.2) is 22.8 Å². The van der Waals surface area contributed by atoms with Gasteiger partial charge >= 0.3 is 0 Å². The molecule has 0 aliphatic carbocycles. The molecule has 1 aromatic carbocycles. The first-order valence-electron chi connectivity index (χ1n) is 7.47. The number of amidine groups is 1. The Bertz CT molecular complexity index is 988. The van der Waals surface area contributed by atoms with Crippen molar-refractivity contribution in [3.8, 4) is 6.07 Å². The summed E-state index contributed by atoms with van der Waals surface area (Å²) in [5, 5.41) is 32.7. The average molecular weight is 382 g/mol. The zero-order chi connectivity index (χ0) is 20.0. The molecule has 26 heavy (non-hydrogen) atoms. The number of benzene rings is 1. The number of nitrogens with zero attached hydrogens (tertiary/aromatic N) is 4. The number of nitrogens with one attached hydrogen (secondary N) is 4. The summed E-state index contributed by atoms with van der Waals surface area (Å²) in [7, 11) is -2.86. The van der Waals surface area contributed by atoms with Crippen molar-refractivity contribution in [1.82, 2.24) is 15.0 Å². The summed E-state index contributed by atoms with van der Waals surface area (Å²) in [6.07, 6.45) is 1.22. The normalized spacial score (nSPS) is 14.2. The molecule has 138 valence electrons. The minimum Gasteiger partial charge on any atom is -0.364 e. The van der Waals surface area contributed by atoms with Crippen molar-refractivity contribution in [2.24, 2.45) is 0 Å². The van der Waals surface area contributed by atoms with E-state index in [1.165, 1.54) is 12.3 Å². The van der Waals surface area contributed by atoms with E-state index in [9.17, 15) is 13.8 Å². The second kappa shape index (κ2) is 7.87. The molecule has 0 saturated heterocycles. The van der Waals surface area contributed by atoms with E-state index < -0.39 is 21.6 Å². The van der Waals surface area contributed by atoms with Crippen molar-refractivity contribution in [2.45, 2.75) is 0 Å². The Morgan fingerprint density at radius 2 is 2.35 bits per heavy atom. The maximum absolute atomic E-state index is 13.4. The van der Waals surface area contributed by atoms with Gasteiger partial charge in [0.25, 0.3) is 0 Å². The molecule has 1 aromatic heterocycles. The highest BCUT2D eigenvalue weighted by atomic mass is 32.2. The second-order valence-electron chi connectivity index (χ2n) is 5.04. The molecule has 0 aliphatic heterocycles. The summed E-state index contributed by atoms with van der Waals surface area (Å²) in [5.41, 5.74) is -0.468. The summed E-state index contributed by atoms with van der Waals surface area (Å²) < 4.78 is 46.3. The van der Waals surface area contributed by atoms with Crippen LogP contribution >= 0.6 is 0 Å². The molecule has 2 rings (SSSR count). The van der Waals surface area contributed by atoms with Crippen LogP contribution in [-0.4, -0.2) is 44.9 Å². The van der Waals surface area contributed by atoms with Crippen LogP contribution in [0.3, 0.4) is 0 Å². The van der Waals surface area contributed by atoms with Crippen molar-refractivity contribution >= 4 is 27.3 Å². The second-order valence-corrected chi connectivity index (χ2v) is 7.01. The summed E-state index contributed by atoms with van der Waals surface area (Å²) in [4.78, 5) is 0. The molecule has 0 aliphatic rings. The highest BCUT2D eigenvalue weighted by molar-refractivity contribution is 7.89. The van der Waals surface area contributed by atoms with Gasteiger partial charge in [-0.2, -0.15) is 5.26 Å².